The van der Waals surface area contributed by atoms with Crippen LogP contribution in [0, 0.1) is 5.92 Å². The second-order valence-corrected chi connectivity index (χ2v) is 13.1. The zero-order chi connectivity index (χ0) is 31.4. The lowest BCUT2D eigenvalue weighted by atomic mass is 9.83. The van der Waals surface area contributed by atoms with Crippen molar-refractivity contribution in [3.05, 3.63) is 71.8 Å². The Morgan fingerprint density at radius 3 is 2.61 bits per heavy atom. The molecule has 0 spiro atoms. The number of likely N-dealkylation sites (tertiary alicyclic amines) is 1. The first-order valence-corrected chi connectivity index (χ1v) is 15.6. The quantitative estimate of drug-likeness (QED) is 0.291. The lowest BCUT2D eigenvalue weighted by molar-refractivity contribution is -0.884. The minimum Gasteiger partial charge on any atom is -0.481 e. The summed E-state index contributed by atoms with van der Waals surface area (Å²) in [5, 5.41) is 10.6. The molecule has 44 heavy (non-hydrogen) atoms. The van der Waals surface area contributed by atoms with Crippen LogP contribution in [0.25, 0.3) is 0 Å². The van der Waals surface area contributed by atoms with E-state index in [2.05, 4.69) is 50.1 Å². The molecule has 0 radical (unpaired) electrons. The number of unbranched alkanes of at least 4 members (excludes halogenated alkanes) is 1. The molecule has 10 nitrogen and oxygen atoms in total. The molecular weight excluding hydrogens is 558 g/mol. The molecule has 1 N–H and O–H groups in total. The molecule has 236 valence electrons. The van der Waals surface area contributed by atoms with Crippen molar-refractivity contribution >= 4 is 17.6 Å². The van der Waals surface area contributed by atoms with Crippen molar-refractivity contribution in [3.8, 4) is 11.5 Å². The van der Waals surface area contributed by atoms with Gasteiger partial charge < -0.3 is 28.5 Å². The molecule has 2 aliphatic rings. The highest BCUT2D eigenvalue weighted by atomic mass is 16.7. The van der Waals surface area contributed by atoms with Crippen LogP contribution in [0.3, 0.4) is 0 Å². The molecule has 0 aliphatic carbocycles. The first kappa shape index (κ1) is 31.5. The predicted octanol–water partition coefficient (Wildman–Crippen LogP) is 4.29. The number of anilines is 1. The van der Waals surface area contributed by atoms with Crippen LogP contribution < -0.4 is 14.4 Å². The molecular formula is C34H46N5O5+. The third kappa shape index (κ3) is 7.25. The monoisotopic (exact) mass is 604 g/mol. The van der Waals surface area contributed by atoms with Crippen molar-refractivity contribution in [2.75, 3.05) is 52.5 Å². The number of quaternary nitrogens is 1. The summed E-state index contributed by atoms with van der Waals surface area (Å²) in [6, 6.07) is 13.6. The summed E-state index contributed by atoms with van der Waals surface area (Å²) in [4.78, 5) is 35.6. The van der Waals surface area contributed by atoms with E-state index in [1.54, 1.807) is 6.20 Å². The molecule has 0 bridgehead atoms. The highest BCUT2D eigenvalue weighted by Gasteiger charge is 2.47. The molecule has 1 amide bonds. The number of carbonyl (C=O) groups is 2. The van der Waals surface area contributed by atoms with Crippen LogP contribution in [-0.2, 0) is 29.6 Å². The summed E-state index contributed by atoms with van der Waals surface area (Å²) >= 11 is 0. The normalized spacial score (nSPS) is 19.8. The smallest absolute Gasteiger partial charge is 0.308 e. The molecule has 1 saturated heterocycles. The van der Waals surface area contributed by atoms with Gasteiger partial charge in [0.05, 0.1) is 33.6 Å². The van der Waals surface area contributed by atoms with Crippen LogP contribution in [0.15, 0.2) is 54.9 Å². The number of nitrogens with zero attached hydrogens (tertiary/aromatic N) is 5. The van der Waals surface area contributed by atoms with Gasteiger partial charge in [-0.1, -0.05) is 31.5 Å². The topological polar surface area (TPSA) is 97.1 Å². The summed E-state index contributed by atoms with van der Waals surface area (Å²) < 4.78 is 13.9. The van der Waals surface area contributed by atoms with E-state index in [1.165, 1.54) is 5.56 Å². The van der Waals surface area contributed by atoms with Crippen LogP contribution in [0.1, 0.15) is 49.1 Å². The van der Waals surface area contributed by atoms with Gasteiger partial charge in [-0.2, -0.15) is 0 Å². The molecule has 1 aromatic heterocycles. The van der Waals surface area contributed by atoms with E-state index in [1.807, 2.05) is 53.0 Å². The number of benzene rings is 2. The van der Waals surface area contributed by atoms with Crippen molar-refractivity contribution in [2.24, 2.45) is 13.0 Å². The average molecular weight is 605 g/mol. The molecule has 2 aromatic carbocycles. The fourth-order valence-electron chi connectivity index (χ4n) is 6.59. The maximum Gasteiger partial charge on any atom is 0.308 e. The van der Waals surface area contributed by atoms with Gasteiger partial charge in [0.2, 0.25) is 12.7 Å². The Kier molecular flexibility index (Phi) is 9.60. The average Bonchev–Trinajstić information content (AvgIpc) is 3.69. The number of imidazole rings is 1. The molecule has 0 saturated carbocycles. The molecule has 3 aromatic rings. The van der Waals surface area contributed by atoms with E-state index in [-0.39, 0.29) is 31.2 Å². The highest BCUT2D eigenvalue weighted by Crippen LogP contribution is 2.43. The second kappa shape index (κ2) is 13.4. The highest BCUT2D eigenvalue weighted by molar-refractivity contribution is 5.95. The first-order valence-electron chi connectivity index (χ1n) is 15.6. The lowest BCUT2D eigenvalue weighted by Crippen LogP contribution is -2.45. The van der Waals surface area contributed by atoms with Crippen molar-refractivity contribution in [3.63, 3.8) is 0 Å². The van der Waals surface area contributed by atoms with Crippen LogP contribution in [0.5, 0.6) is 11.5 Å². The van der Waals surface area contributed by atoms with Gasteiger partial charge in [0.25, 0.3) is 0 Å². The SMILES string of the molecule is CCCCN(C(=O)CN1C[C@H](c2ccc3c(c2)OCO3)[C@@H](C(=O)O)[C@@H]1CCc1nccn1C)c1cccc(C[N+](C)(C)C)c1. The van der Waals surface area contributed by atoms with E-state index in [0.717, 1.165) is 40.9 Å². The van der Waals surface area contributed by atoms with Gasteiger partial charge in [-0.15, -0.1) is 0 Å². The molecule has 1 fully saturated rings. The molecule has 5 rings (SSSR count). The van der Waals surface area contributed by atoms with Crippen LogP contribution in [-0.4, -0.2) is 89.5 Å². The number of rotatable bonds is 13. The number of hydrogen-bond acceptors (Lipinski definition) is 6. The van der Waals surface area contributed by atoms with Gasteiger partial charge in [-0.25, -0.2) is 4.98 Å². The number of carboxylic acid groups (broad SMARTS) is 1. The van der Waals surface area contributed by atoms with Crippen LogP contribution >= 0.6 is 0 Å². The van der Waals surface area contributed by atoms with Gasteiger partial charge in [0, 0.05) is 62.2 Å². The third-order valence-corrected chi connectivity index (χ3v) is 8.70. The number of fused-ring (bicyclic) bond motifs is 1. The van der Waals surface area contributed by atoms with Crippen LogP contribution in [0.2, 0.25) is 0 Å². The van der Waals surface area contributed by atoms with E-state index < -0.39 is 11.9 Å². The summed E-state index contributed by atoms with van der Waals surface area (Å²) in [5.74, 6) is 0.312. The predicted molar refractivity (Wildman–Crippen MR) is 169 cm³/mol. The van der Waals surface area contributed by atoms with Crippen LogP contribution in [0.4, 0.5) is 5.69 Å². The zero-order valence-corrected chi connectivity index (χ0v) is 26.6. The number of ether oxygens (including phenoxy) is 2. The van der Waals surface area contributed by atoms with E-state index in [9.17, 15) is 14.7 Å². The Morgan fingerprint density at radius 2 is 1.91 bits per heavy atom. The van der Waals surface area contributed by atoms with Crippen molar-refractivity contribution in [2.45, 2.75) is 51.1 Å². The largest absolute Gasteiger partial charge is 0.481 e. The Balaban J connectivity index is 1.44. The summed E-state index contributed by atoms with van der Waals surface area (Å²) in [6.45, 7) is 4.33. The Morgan fingerprint density at radius 1 is 1.11 bits per heavy atom. The number of aromatic nitrogens is 2. The molecule has 3 atom stereocenters. The number of carboxylic acids is 1. The van der Waals surface area contributed by atoms with Crippen molar-refractivity contribution in [1.29, 1.82) is 0 Å². The van der Waals surface area contributed by atoms with E-state index in [4.69, 9.17) is 9.47 Å². The summed E-state index contributed by atoms with van der Waals surface area (Å²) in [7, 11) is 8.41. The van der Waals surface area contributed by atoms with Gasteiger partial charge in [-0.05, 0) is 42.7 Å². The minimum absolute atomic E-state index is 0.0154. The Bertz CT molecular complexity index is 1460. The fraction of sp³-hybridized carbons (Fsp3) is 0.500. The van der Waals surface area contributed by atoms with Gasteiger partial charge >= 0.3 is 5.97 Å². The number of aryl methyl sites for hydroxylation is 2. The van der Waals surface area contributed by atoms with Gasteiger partial charge in [-0.3, -0.25) is 14.5 Å². The second-order valence-electron chi connectivity index (χ2n) is 13.1. The molecule has 2 aliphatic heterocycles. The lowest BCUT2D eigenvalue weighted by Gasteiger charge is -2.30. The third-order valence-electron chi connectivity index (χ3n) is 8.70. The number of hydrogen-bond donors (Lipinski definition) is 1. The zero-order valence-electron chi connectivity index (χ0n) is 26.6. The molecule has 10 heteroatoms. The van der Waals surface area contributed by atoms with Crippen molar-refractivity contribution < 1.29 is 28.7 Å². The van der Waals surface area contributed by atoms with Gasteiger partial charge in [0.1, 0.15) is 12.4 Å². The van der Waals surface area contributed by atoms with Crippen molar-refractivity contribution in [1.82, 2.24) is 14.5 Å². The maximum atomic E-state index is 14.2. The maximum absolute atomic E-state index is 14.2. The number of amides is 1. The summed E-state index contributed by atoms with van der Waals surface area (Å²) in [5.41, 5.74) is 2.95. The standard InChI is InChI=1S/C34H45N5O5/c1-6-7-16-38(26-10-8-9-24(18-26)22-39(3,4)5)32(40)21-37-20-27(25-11-13-29-30(19-25)44-23-43-29)33(34(41)42)28(37)12-14-31-35-15-17-36(31)2/h8-11,13,15,17-19,27-28,33H,6-7,12,14,16,20-23H2,1-5H3/p+1/t27-,28+,33-/m1/s1. The number of carbonyl (C=O) groups excluding carboxylic acids is 1. The summed E-state index contributed by atoms with van der Waals surface area (Å²) in [6.07, 6.45) is 6.69. The first-order chi connectivity index (χ1) is 21.0. The number of aliphatic carboxylic acids is 1. The minimum atomic E-state index is -0.858. The van der Waals surface area contributed by atoms with E-state index in [0.29, 0.717) is 37.4 Å². The van der Waals surface area contributed by atoms with E-state index >= 15 is 0 Å². The molecule has 0 unspecified atom stereocenters. The van der Waals surface area contributed by atoms with Gasteiger partial charge in [0.15, 0.2) is 11.5 Å². The Hall–Kier alpha value is -3.89. The molecule has 3 heterocycles. The Labute approximate surface area is 260 Å². The fourth-order valence-corrected chi connectivity index (χ4v) is 6.59.